The van der Waals surface area contributed by atoms with Crippen molar-refractivity contribution in [3.63, 3.8) is 0 Å². The molecule has 2 heterocycles. The summed E-state index contributed by atoms with van der Waals surface area (Å²) in [5, 5.41) is 0. The maximum absolute atomic E-state index is 5.82. The molecule has 0 N–H and O–H groups in total. The first-order chi connectivity index (χ1) is 6.02. The maximum Gasteiger partial charge on any atom is 0.170 e. The zero-order valence-electron chi connectivity index (χ0n) is 8.93. The van der Waals surface area contributed by atoms with E-state index in [2.05, 4.69) is 20.8 Å². The molecule has 2 saturated heterocycles. The summed E-state index contributed by atoms with van der Waals surface area (Å²) < 4.78 is 11.3. The van der Waals surface area contributed by atoms with E-state index in [4.69, 9.17) is 9.47 Å². The first-order valence-electron chi connectivity index (χ1n) is 5.30. The van der Waals surface area contributed by atoms with E-state index in [9.17, 15) is 0 Å². The van der Waals surface area contributed by atoms with Crippen LogP contribution in [0.3, 0.4) is 0 Å². The summed E-state index contributed by atoms with van der Waals surface area (Å²) in [4.78, 5) is 0. The van der Waals surface area contributed by atoms with Gasteiger partial charge < -0.3 is 9.47 Å². The largest absolute Gasteiger partial charge is 0.350 e. The number of ether oxygens (including phenoxy) is 2. The minimum Gasteiger partial charge on any atom is -0.350 e. The van der Waals surface area contributed by atoms with Gasteiger partial charge in [0.05, 0.1) is 13.2 Å². The van der Waals surface area contributed by atoms with E-state index in [0.717, 1.165) is 26.1 Å². The van der Waals surface area contributed by atoms with E-state index in [1.54, 1.807) is 0 Å². The minimum atomic E-state index is -0.151. The molecule has 2 heteroatoms. The summed E-state index contributed by atoms with van der Waals surface area (Å²) >= 11 is 0. The number of hydrogen-bond acceptors (Lipinski definition) is 2. The van der Waals surface area contributed by atoms with Gasteiger partial charge in [0, 0.05) is 12.8 Å². The van der Waals surface area contributed by atoms with Crippen LogP contribution in [0, 0.1) is 11.3 Å². The molecule has 1 spiro atoms. The Hall–Kier alpha value is -0.0800. The summed E-state index contributed by atoms with van der Waals surface area (Å²) in [7, 11) is 0. The van der Waals surface area contributed by atoms with Crippen LogP contribution >= 0.6 is 0 Å². The van der Waals surface area contributed by atoms with Crippen molar-refractivity contribution < 1.29 is 9.47 Å². The van der Waals surface area contributed by atoms with Crippen LogP contribution in [-0.2, 0) is 9.47 Å². The molecule has 2 aliphatic heterocycles. The van der Waals surface area contributed by atoms with Crippen molar-refractivity contribution in [3.05, 3.63) is 0 Å². The van der Waals surface area contributed by atoms with E-state index in [-0.39, 0.29) is 5.79 Å². The van der Waals surface area contributed by atoms with Crippen LogP contribution in [0.15, 0.2) is 0 Å². The average molecular weight is 184 g/mol. The van der Waals surface area contributed by atoms with Crippen molar-refractivity contribution in [1.82, 2.24) is 0 Å². The summed E-state index contributed by atoms with van der Waals surface area (Å²) in [6, 6.07) is 0. The topological polar surface area (TPSA) is 18.5 Å². The quantitative estimate of drug-likeness (QED) is 0.576. The van der Waals surface area contributed by atoms with E-state index in [1.807, 2.05) is 0 Å². The molecule has 0 aromatic rings. The summed E-state index contributed by atoms with van der Waals surface area (Å²) in [5.74, 6) is 0.546. The Morgan fingerprint density at radius 2 is 1.85 bits per heavy atom. The van der Waals surface area contributed by atoms with Gasteiger partial charge in [-0.05, 0) is 17.8 Å². The molecular weight excluding hydrogens is 164 g/mol. The highest BCUT2D eigenvalue weighted by molar-refractivity contribution is 4.86. The lowest BCUT2D eigenvalue weighted by atomic mass is 9.76. The van der Waals surface area contributed by atoms with E-state index >= 15 is 0 Å². The summed E-state index contributed by atoms with van der Waals surface area (Å²) in [6.07, 6.45) is 3.45. The fourth-order valence-electron chi connectivity index (χ4n) is 2.13. The lowest BCUT2D eigenvalue weighted by Crippen LogP contribution is -2.51. The molecule has 2 fully saturated rings. The first kappa shape index (κ1) is 9.47. The van der Waals surface area contributed by atoms with Gasteiger partial charge in [0.1, 0.15) is 0 Å². The Morgan fingerprint density at radius 1 is 1.15 bits per heavy atom. The average Bonchev–Trinajstić information content (AvgIpc) is 2.00. The van der Waals surface area contributed by atoms with Crippen LogP contribution in [0.2, 0.25) is 0 Å². The molecule has 13 heavy (non-hydrogen) atoms. The van der Waals surface area contributed by atoms with Gasteiger partial charge in [-0.2, -0.15) is 0 Å². The van der Waals surface area contributed by atoms with Crippen LogP contribution in [0.1, 0.15) is 40.0 Å². The monoisotopic (exact) mass is 184 g/mol. The molecule has 2 atom stereocenters. The highest BCUT2D eigenvalue weighted by atomic mass is 16.7. The molecule has 2 unspecified atom stereocenters. The van der Waals surface area contributed by atoms with E-state index in [1.165, 1.54) is 6.42 Å². The van der Waals surface area contributed by atoms with Gasteiger partial charge in [0.2, 0.25) is 0 Å². The Kier molecular flexibility index (Phi) is 2.16. The smallest absolute Gasteiger partial charge is 0.170 e. The van der Waals surface area contributed by atoms with E-state index < -0.39 is 0 Å². The molecule has 0 saturated carbocycles. The van der Waals surface area contributed by atoms with Crippen LogP contribution in [0.25, 0.3) is 0 Å². The predicted molar refractivity (Wildman–Crippen MR) is 51.4 cm³/mol. The minimum absolute atomic E-state index is 0.151. The first-order valence-corrected chi connectivity index (χ1v) is 5.30. The summed E-state index contributed by atoms with van der Waals surface area (Å²) in [5.41, 5.74) is 0.380. The molecule has 0 bridgehead atoms. The van der Waals surface area contributed by atoms with Crippen molar-refractivity contribution in [3.8, 4) is 0 Å². The molecule has 2 rings (SSSR count). The zero-order valence-corrected chi connectivity index (χ0v) is 8.93. The second-order valence-electron chi connectivity index (χ2n) is 5.42. The third kappa shape index (κ3) is 1.75. The molecule has 0 aromatic carbocycles. The highest BCUT2D eigenvalue weighted by Gasteiger charge is 2.44. The zero-order chi connectivity index (χ0) is 9.53. The fraction of sp³-hybridized carbons (Fsp3) is 1.00. The predicted octanol–water partition coefficient (Wildman–Crippen LogP) is 2.58. The van der Waals surface area contributed by atoms with Gasteiger partial charge >= 0.3 is 0 Å². The van der Waals surface area contributed by atoms with Crippen molar-refractivity contribution in [2.75, 3.05) is 13.2 Å². The molecule has 0 amide bonds. The standard InChI is InChI=1S/C11H20O2/c1-10(2,3)9-4-5-11(13-8-9)6-7-12-11/h9H,4-8H2,1-3H3. The van der Waals surface area contributed by atoms with Gasteiger partial charge in [-0.25, -0.2) is 0 Å². The van der Waals surface area contributed by atoms with Crippen LogP contribution < -0.4 is 0 Å². The normalized spacial score (nSPS) is 40.4. The number of hydrogen-bond donors (Lipinski definition) is 0. The fourth-order valence-corrected chi connectivity index (χ4v) is 2.13. The van der Waals surface area contributed by atoms with Gasteiger partial charge in [-0.15, -0.1) is 0 Å². The Labute approximate surface area is 80.6 Å². The Balaban J connectivity index is 1.89. The third-order valence-electron chi connectivity index (χ3n) is 3.49. The Morgan fingerprint density at radius 3 is 2.15 bits per heavy atom. The Bertz CT molecular complexity index is 179. The second kappa shape index (κ2) is 2.96. The molecule has 76 valence electrons. The molecule has 0 aliphatic carbocycles. The van der Waals surface area contributed by atoms with Crippen LogP contribution in [0.4, 0.5) is 0 Å². The van der Waals surface area contributed by atoms with Gasteiger partial charge in [-0.3, -0.25) is 0 Å². The van der Waals surface area contributed by atoms with Gasteiger partial charge in [0.25, 0.3) is 0 Å². The lowest BCUT2D eigenvalue weighted by Gasteiger charge is -2.48. The van der Waals surface area contributed by atoms with Crippen LogP contribution in [0.5, 0.6) is 0 Å². The van der Waals surface area contributed by atoms with Crippen LogP contribution in [-0.4, -0.2) is 19.0 Å². The molecule has 0 aromatic heterocycles. The highest BCUT2D eigenvalue weighted by Crippen LogP contribution is 2.42. The third-order valence-corrected chi connectivity index (χ3v) is 3.49. The van der Waals surface area contributed by atoms with Crippen molar-refractivity contribution in [2.24, 2.45) is 11.3 Å². The molecule has 2 nitrogen and oxygen atoms in total. The van der Waals surface area contributed by atoms with Gasteiger partial charge in [-0.1, -0.05) is 20.8 Å². The molecular formula is C11H20O2. The van der Waals surface area contributed by atoms with Crippen molar-refractivity contribution in [1.29, 1.82) is 0 Å². The van der Waals surface area contributed by atoms with E-state index in [0.29, 0.717) is 11.3 Å². The second-order valence-corrected chi connectivity index (χ2v) is 5.42. The number of rotatable bonds is 0. The molecule has 2 aliphatic rings. The van der Waals surface area contributed by atoms with Crippen molar-refractivity contribution in [2.45, 2.75) is 45.8 Å². The van der Waals surface area contributed by atoms with Gasteiger partial charge in [0.15, 0.2) is 5.79 Å². The maximum atomic E-state index is 5.82. The van der Waals surface area contributed by atoms with Crippen molar-refractivity contribution >= 4 is 0 Å². The molecule has 0 radical (unpaired) electrons. The summed E-state index contributed by atoms with van der Waals surface area (Å²) in [6.45, 7) is 8.64. The SMILES string of the molecule is CC(C)(C)C1CCC2(CCO2)OC1. The lowest BCUT2D eigenvalue weighted by molar-refractivity contribution is -0.332.